The van der Waals surface area contributed by atoms with E-state index in [4.69, 9.17) is 22.8 Å². The number of aromatic nitrogens is 1. The van der Waals surface area contributed by atoms with Crippen LogP contribution in [0.5, 0.6) is 5.75 Å². The van der Waals surface area contributed by atoms with E-state index in [0.717, 1.165) is 11.3 Å². The average Bonchev–Trinajstić information content (AvgIpc) is 3.69. The first-order chi connectivity index (χ1) is 17.5. The highest BCUT2D eigenvalue weighted by Crippen LogP contribution is 2.33. The second-order valence-corrected chi connectivity index (χ2v) is 8.19. The maximum Gasteiger partial charge on any atom is 0.338 e. The van der Waals surface area contributed by atoms with Crippen LogP contribution in [-0.4, -0.2) is 34.4 Å². The van der Waals surface area contributed by atoms with Crippen LogP contribution in [0.3, 0.4) is 0 Å². The van der Waals surface area contributed by atoms with Crippen molar-refractivity contribution in [2.45, 2.75) is 32.9 Å². The lowest BCUT2D eigenvalue weighted by atomic mass is 10.1. The van der Waals surface area contributed by atoms with E-state index in [1.54, 1.807) is 48.5 Å². The molecule has 0 fully saturated rings. The summed E-state index contributed by atoms with van der Waals surface area (Å²) in [6.45, 7) is 3.40. The predicted molar refractivity (Wildman–Crippen MR) is 125 cm³/mol. The smallest absolute Gasteiger partial charge is 0.338 e. The minimum atomic E-state index is -0.657. The van der Waals surface area contributed by atoms with Crippen molar-refractivity contribution in [3.05, 3.63) is 95.2 Å². The van der Waals surface area contributed by atoms with Crippen LogP contribution in [0.2, 0.25) is 0 Å². The van der Waals surface area contributed by atoms with Crippen LogP contribution in [0.15, 0.2) is 79.5 Å². The number of hydrazone groups is 1. The van der Waals surface area contributed by atoms with E-state index in [1.807, 2.05) is 13.8 Å². The summed E-state index contributed by atoms with van der Waals surface area (Å²) in [4.78, 5) is 25.7. The van der Waals surface area contributed by atoms with Gasteiger partial charge < -0.3 is 22.8 Å². The molecule has 1 atom stereocenters. The molecule has 10 heteroatoms. The van der Waals surface area contributed by atoms with Crippen LogP contribution in [-0.2, 0) is 16.1 Å². The van der Waals surface area contributed by atoms with Gasteiger partial charge in [0.15, 0.2) is 6.61 Å². The molecular formula is C26H23N3O7. The number of aryl methyl sites for hydroxylation is 2. The first-order valence-electron chi connectivity index (χ1n) is 11.3. The summed E-state index contributed by atoms with van der Waals surface area (Å²) in [6.07, 6.45) is 3.48. The molecule has 10 nitrogen and oxygen atoms in total. The molecule has 0 N–H and O–H groups in total. The molecule has 4 heterocycles. The summed E-state index contributed by atoms with van der Waals surface area (Å²) < 4.78 is 27.2. The lowest BCUT2D eigenvalue weighted by Crippen LogP contribution is -2.31. The van der Waals surface area contributed by atoms with E-state index in [2.05, 4.69) is 10.3 Å². The van der Waals surface area contributed by atoms with Crippen molar-refractivity contribution in [2.24, 2.45) is 5.10 Å². The normalized spacial score (nSPS) is 15.1. The summed E-state index contributed by atoms with van der Waals surface area (Å²) in [5.41, 5.74) is 2.45. The Labute approximate surface area is 206 Å². The Morgan fingerprint density at radius 2 is 1.92 bits per heavy atom. The van der Waals surface area contributed by atoms with Crippen LogP contribution in [0.1, 0.15) is 51.4 Å². The highest BCUT2D eigenvalue weighted by molar-refractivity contribution is 6.01. The van der Waals surface area contributed by atoms with E-state index >= 15 is 0 Å². The van der Waals surface area contributed by atoms with Gasteiger partial charge in [-0.25, -0.2) is 9.80 Å². The molecule has 0 spiro atoms. The summed E-state index contributed by atoms with van der Waals surface area (Å²) in [5.74, 6) is 1.14. The first kappa shape index (κ1) is 23.2. The fourth-order valence-corrected chi connectivity index (χ4v) is 3.89. The van der Waals surface area contributed by atoms with Crippen molar-refractivity contribution >= 4 is 17.6 Å². The van der Waals surface area contributed by atoms with E-state index in [-0.39, 0.29) is 12.2 Å². The Morgan fingerprint density at radius 3 is 2.64 bits per heavy atom. The molecule has 1 aliphatic rings. The topological polar surface area (TPSA) is 121 Å². The van der Waals surface area contributed by atoms with Crippen LogP contribution in [0.25, 0.3) is 0 Å². The third kappa shape index (κ3) is 4.78. The zero-order valence-corrected chi connectivity index (χ0v) is 19.7. The van der Waals surface area contributed by atoms with Gasteiger partial charge in [0, 0.05) is 6.42 Å². The summed E-state index contributed by atoms with van der Waals surface area (Å²) in [5, 5.41) is 9.59. The molecule has 1 aromatic carbocycles. The molecule has 1 aliphatic heterocycles. The van der Waals surface area contributed by atoms with Crippen molar-refractivity contribution in [3.8, 4) is 5.75 Å². The molecule has 0 radical (unpaired) electrons. The van der Waals surface area contributed by atoms with Crippen molar-refractivity contribution < 1.29 is 32.4 Å². The summed E-state index contributed by atoms with van der Waals surface area (Å²) >= 11 is 0. The molecule has 1 amide bonds. The Morgan fingerprint density at radius 1 is 1.08 bits per heavy atom. The van der Waals surface area contributed by atoms with Gasteiger partial charge in [0.05, 0.1) is 29.3 Å². The van der Waals surface area contributed by atoms with Crippen LogP contribution in [0.4, 0.5) is 0 Å². The van der Waals surface area contributed by atoms with Gasteiger partial charge in [-0.3, -0.25) is 4.79 Å². The Balaban J connectivity index is 1.23. The summed E-state index contributed by atoms with van der Waals surface area (Å²) in [6, 6.07) is 13.1. The SMILES string of the molecule is Cc1noc(C)c1COc1cccc(C(=O)OCC(=O)N2N=C(c3ccco3)CC2c2ccco2)c1. The number of rotatable bonds is 8. The first-order valence-corrected chi connectivity index (χ1v) is 11.3. The number of esters is 1. The van der Waals surface area contributed by atoms with Gasteiger partial charge in [0.2, 0.25) is 0 Å². The van der Waals surface area contributed by atoms with E-state index < -0.39 is 24.5 Å². The second kappa shape index (κ2) is 9.95. The van der Waals surface area contributed by atoms with E-state index in [9.17, 15) is 9.59 Å². The van der Waals surface area contributed by atoms with Gasteiger partial charge in [0.1, 0.15) is 41.4 Å². The molecule has 0 aliphatic carbocycles. The van der Waals surface area contributed by atoms with Gasteiger partial charge in [-0.2, -0.15) is 5.10 Å². The Hall–Kier alpha value is -4.60. The molecule has 36 heavy (non-hydrogen) atoms. The van der Waals surface area contributed by atoms with Gasteiger partial charge in [-0.15, -0.1) is 0 Å². The number of furan rings is 2. The fraction of sp³-hybridized carbons (Fsp3) is 0.231. The lowest BCUT2D eigenvalue weighted by Gasteiger charge is -2.19. The maximum atomic E-state index is 13.0. The number of benzene rings is 1. The van der Waals surface area contributed by atoms with Crippen molar-refractivity contribution in [2.75, 3.05) is 6.61 Å². The van der Waals surface area contributed by atoms with Crippen molar-refractivity contribution in [1.82, 2.24) is 10.2 Å². The number of carbonyl (C=O) groups is 2. The highest BCUT2D eigenvalue weighted by atomic mass is 16.5. The molecule has 1 unspecified atom stereocenters. The summed E-state index contributed by atoms with van der Waals surface area (Å²) in [7, 11) is 0. The molecule has 3 aromatic heterocycles. The number of amides is 1. The van der Waals surface area contributed by atoms with Crippen LogP contribution in [0, 0.1) is 13.8 Å². The quantitative estimate of drug-likeness (QED) is 0.330. The number of carbonyl (C=O) groups excluding carboxylic acids is 2. The minimum Gasteiger partial charge on any atom is -0.489 e. The van der Waals surface area contributed by atoms with E-state index in [0.29, 0.717) is 35.2 Å². The van der Waals surface area contributed by atoms with Crippen LogP contribution < -0.4 is 4.74 Å². The maximum absolute atomic E-state index is 13.0. The zero-order valence-electron chi connectivity index (χ0n) is 19.7. The monoisotopic (exact) mass is 489 g/mol. The van der Waals surface area contributed by atoms with Crippen LogP contribution >= 0.6 is 0 Å². The number of hydrogen-bond acceptors (Lipinski definition) is 9. The minimum absolute atomic E-state index is 0.247. The highest BCUT2D eigenvalue weighted by Gasteiger charge is 2.36. The lowest BCUT2D eigenvalue weighted by molar-refractivity contribution is -0.136. The molecule has 5 rings (SSSR count). The van der Waals surface area contributed by atoms with E-state index in [1.165, 1.54) is 17.5 Å². The van der Waals surface area contributed by atoms with Gasteiger partial charge in [-0.05, 0) is 56.3 Å². The largest absolute Gasteiger partial charge is 0.489 e. The van der Waals surface area contributed by atoms with Crippen molar-refractivity contribution in [3.63, 3.8) is 0 Å². The molecule has 0 saturated carbocycles. The third-order valence-electron chi connectivity index (χ3n) is 5.80. The van der Waals surface area contributed by atoms with Crippen molar-refractivity contribution in [1.29, 1.82) is 0 Å². The molecule has 4 aromatic rings. The molecule has 184 valence electrons. The zero-order chi connectivity index (χ0) is 25.1. The second-order valence-electron chi connectivity index (χ2n) is 8.19. The standard InChI is InChI=1S/C26H23N3O7/c1-16-20(17(2)36-28-16)14-34-19-7-3-6-18(12-19)26(31)35-15-25(30)29-22(24-9-5-11-33-24)13-21(27-29)23-8-4-10-32-23/h3-12,22H,13-15H2,1-2H3. The molecule has 0 bridgehead atoms. The van der Waals surface area contributed by atoms with Gasteiger partial charge >= 0.3 is 5.97 Å². The Bertz CT molecular complexity index is 1370. The fourth-order valence-electron chi connectivity index (χ4n) is 3.89. The Kier molecular flexibility index (Phi) is 6.40. The number of hydrogen-bond donors (Lipinski definition) is 0. The van der Waals surface area contributed by atoms with Gasteiger partial charge in [-0.1, -0.05) is 11.2 Å². The molecule has 0 saturated heterocycles. The third-order valence-corrected chi connectivity index (χ3v) is 5.80. The number of ether oxygens (including phenoxy) is 2. The molecular weight excluding hydrogens is 466 g/mol. The predicted octanol–water partition coefficient (Wildman–Crippen LogP) is 4.59. The van der Waals surface area contributed by atoms with Gasteiger partial charge in [0.25, 0.3) is 5.91 Å². The number of nitrogens with zero attached hydrogens (tertiary/aromatic N) is 3. The average molecular weight is 489 g/mol.